The molecule has 3 nitrogen and oxygen atoms in total. The van der Waals surface area contributed by atoms with Gasteiger partial charge in [-0.2, -0.15) is 0 Å². The Morgan fingerprint density at radius 1 is 1.04 bits per heavy atom. The largest absolute Gasteiger partial charge is 0.357 e. The number of aromatic amines is 1. The number of fused-ring (bicyclic) bond motifs is 3. The smallest absolute Gasteiger partial charge is 0.246 e. The molecular weight excluding hydrogens is 284 g/mol. The third-order valence-corrected chi connectivity index (χ3v) is 4.41. The van der Waals surface area contributed by atoms with Crippen molar-refractivity contribution in [1.29, 1.82) is 0 Å². The Kier molecular flexibility index (Phi) is 3.46. The van der Waals surface area contributed by atoms with Crippen LogP contribution >= 0.6 is 0 Å². The first-order chi connectivity index (χ1) is 11.3. The second kappa shape index (κ2) is 5.76. The second-order valence-corrected chi connectivity index (χ2v) is 5.88. The molecule has 0 radical (unpaired) electrons. The number of carbonyl (C=O) groups excluding carboxylic acids is 1. The Bertz CT molecular complexity index is 877. The van der Waals surface area contributed by atoms with Crippen molar-refractivity contribution in [3.8, 4) is 0 Å². The summed E-state index contributed by atoms with van der Waals surface area (Å²) in [6, 6.07) is 18.3. The highest BCUT2D eigenvalue weighted by molar-refractivity contribution is 5.92. The van der Waals surface area contributed by atoms with E-state index in [1.54, 1.807) is 6.08 Å². The van der Waals surface area contributed by atoms with Crippen LogP contribution in [0.5, 0.6) is 0 Å². The van der Waals surface area contributed by atoms with Crippen LogP contribution in [-0.4, -0.2) is 22.3 Å². The summed E-state index contributed by atoms with van der Waals surface area (Å²) in [7, 11) is 0. The Morgan fingerprint density at radius 3 is 2.70 bits per heavy atom. The van der Waals surface area contributed by atoms with Gasteiger partial charge in [-0.15, -0.1) is 0 Å². The molecule has 1 aromatic heterocycles. The van der Waals surface area contributed by atoms with Crippen LogP contribution in [-0.2, 0) is 17.8 Å². The fourth-order valence-corrected chi connectivity index (χ4v) is 3.22. The molecule has 0 atom stereocenters. The van der Waals surface area contributed by atoms with Crippen molar-refractivity contribution < 1.29 is 4.79 Å². The van der Waals surface area contributed by atoms with Gasteiger partial charge >= 0.3 is 0 Å². The third-order valence-electron chi connectivity index (χ3n) is 4.41. The van der Waals surface area contributed by atoms with E-state index in [0.29, 0.717) is 6.54 Å². The molecule has 0 saturated carbocycles. The van der Waals surface area contributed by atoms with Crippen molar-refractivity contribution in [3.63, 3.8) is 0 Å². The van der Waals surface area contributed by atoms with E-state index in [9.17, 15) is 4.79 Å². The zero-order valence-electron chi connectivity index (χ0n) is 12.8. The van der Waals surface area contributed by atoms with Crippen molar-refractivity contribution in [2.75, 3.05) is 6.54 Å². The minimum atomic E-state index is 0.0677. The summed E-state index contributed by atoms with van der Waals surface area (Å²) in [6.45, 7) is 1.43. The SMILES string of the molecule is O=C(/C=C/c1ccccc1)N1CCc2c([nH]c3ccccc23)C1. The number of nitrogens with one attached hydrogen (secondary N) is 1. The van der Waals surface area contributed by atoms with Crippen molar-refractivity contribution in [1.82, 2.24) is 9.88 Å². The molecule has 2 heterocycles. The lowest BCUT2D eigenvalue weighted by atomic mass is 10.0. The molecule has 0 aliphatic carbocycles. The molecule has 4 rings (SSSR count). The van der Waals surface area contributed by atoms with Crippen LogP contribution in [0.2, 0.25) is 0 Å². The highest BCUT2D eigenvalue weighted by atomic mass is 16.2. The molecule has 2 aromatic carbocycles. The van der Waals surface area contributed by atoms with E-state index in [1.807, 2.05) is 47.4 Å². The number of hydrogen-bond donors (Lipinski definition) is 1. The molecule has 3 heteroatoms. The van der Waals surface area contributed by atoms with E-state index in [2.05, 4.69) is 23.2 Å². The number of rotatable bonds is 2. The first kappa shape index (κ1) is 13.8. The van der Waals surface area contributed by atoms with Gasteiger partial charge in [-0.05, 0) is 29.7 Å². The monoisotopic (exact) mass is 302 g/mol. The van der Waals surface area contributed by atoms with Crippen LogP contribution in [0.25, 0.3) is 17.0 Å². The fraction of sp³-hybridized carbons (Fsp3) is 0.150. The predicted molar refractivity (Wildman–Crippen MR) is 92.9 cm³/mol. The summed E-state index contributed by atoms with van der Waals surface area (Å²) >= 11 is 0. The molecule has 1 N–H and O–H groups in total. The molecule has 23 heavy (non-hydrogen) atoms. The number of nitrogens with zero attached hydrogens (tertiary/aromatic N) is 1. The first-order valence-corrected chi connectivity index (χ1v) is 7.92. The normalized spacial score (nSPS) is 14.3. The lowest BCUT2D eigenvalue weighted by Crippen LogP contribution is -2.34. The number of amides is 1. The highest BCUT2D eigenvalue weighted by Gasteiger charge is 2.22. The first-order valence-electron chi connectivity index (χ1n) is 7.92. The number of hydrogen-bond acceptors (Lipinski definition) is 1. The van der Waals surface area contributed by atoms with Crippen molar-refractivity contribution in [2.45, 2.75) is 13.0 Å². The molecule has 0 fully saturated rings. The van der Waals surface area contributed by atoms with Gasteiger partial charge in [0.05, 0.1) is 6.54 Å². The lowest BCUT2D eigenvalue weighted by molar-refractivity contribution is -0.126. The summed E-state index contributed by atoms with van der Waals surface area (Å²) in [4.78, 5) is 17.8. The molecule has 114 valence electrons. The molecule has 1 aliphatic rings. The Balaban J connectivity index is 1.53. The number of para-hydroxylation sites is 1. The van der Waals surface area contributed by atoms with Gasteiger partial charge in [0.25, 0.3) is 0 Å². The standard InChI is InChI=1S/C20H18N2O/c23-20(11-10-15-6-2-1-3-7-15)22-13-12-17-16-8-4-5-9-18(16)21-19(17)14-22/h1-11,21H,12-14H2/b11-10+. The minimum Gasteiger partial charge on any atom is -0.357 e. The molecule has 0 spiro atoms. The minimum absolute atomic E-state index is 0.0677. The van der Waals surface area contributed by atoms with Gasteiger partial charge in [-0.3, -0.25) is 4.79 Å². The van der Waals surface area contributed by atoms with Crippen LogP contribution in [0.4, 0.5) is 0 Å². The predicted octanol–water partition coefficient (Wildman–Crippen LogP) is 3.77. The van der Waals surface area contributed by atoms with E-state index in [-0.39, 0.29) is 5.91 Å². The zero-order chi connectivity index (χ0) is 15.6. The van der Waals surface area contributed by atoms with Gasteiger partial charge in [-0.25, -0.2) is 0 Å². The molecule has 1 aliphatic heterocycles. The van der Waals surface area contributed by atoms with Gasteiger partial charge in [-0.1, -0.05) is 48.5 Å². The Labute approximate surface area is 135 Å². The van der Waals surface area contributed by atoms with Gasteiger partial charge in [0.2, 0.25) is 5.91 Å². The van der Waals surface area contributed by atoms with Gasteiger partial charge < -0.3 is 9.88 Å². The molecule has 0 saturated heterocycles. The fourth-order valence-electron chi connectivity index (χ4n) is 3.22. The van der Waals surface area contributed by atoms with Crippen LogP contribution in [0.1, 0.15) is 16.8 Å². The van der Waals surface area contributed by atoms with E-state index in [0.717, 1.165) is 24.0 Å². The van der Waals surface area contributed by atoms with Crippen LogP contribution in [0, 0.1) is 0 Å². The molecule has 3 aromatic rings. The molecular formula is C20H18N2O. The van der Waals surface area contributed by atoms with Crippen molar-refractivity contribution >= 4 is 22.9 Å². The van der Waals surface area contributed by atoms with Crippen molar-refractivity contribution in [3.05, 3.63) is 77.5 Å². The van der Waals surface area contributed by atoms with Crippen molar-refractivity contribution in [2.24, 2.45) is 0 Å². The zero-order valence-corrected chi connectivity index (χ0v) is 12.8. The maximum absolute atomic E-state index is 12.4. The summed E-state index contributed by atoms with van der Waals surface area (Å²) in [5.41, 5.74) is 4.73. The van der Waals surface area contributed by atoms with Gasteiger partial charge in [0.15, 0.2) is 0 Å². The second-order valence-electron chi connectivity index (χ2n) is 5.88. The average Bonchev–Trinajstić information content (AvgIpc) is 2.98. The molecule has 0 unspecified atom stereocenters. The Hall–Kier alpha value is -2.81. The average molecular weight is 302 g/mol. The van der Waals surface area contributed by atoms with Crippen LogP contribution < -0.4 is 0 Å². The van der Waals surface area contributed by atoms with Gasteiger partial charge in [0.1, 0.15) is 0 Å². The number of H-pyrrole nitrogens is 1. The quantitative estimate of drug-likeness (QED) is 0.719. The summed E-state index contributed by atoms with van der Waals surface area (Å²) < 4.78 is 0. The van der Waals surface area contributed by atoms with Crippen LogP contribution in [0.15, 0.2) is 60.7 Å². The van der Waals surface area contributed by atoms with E-state index in [1.165, 1.54) is 16.6 Å². The summed E-state index contributed by atoms with van der Waals surface area (Å²) in [6.07, 6.45) is 4.45. The number of benzene rings is 2. The van der Waals surface area contributed by atoms with E-state index < -0.39 is 0 Å². The highest BCUT2D eigenvalue weighted by Crippen LogP contribution is 2.27. The topological polar surface area (TPSA) is 36.1 Å². The molecule has 0 bridgehead atoms. The lowest BCUT2D eigenvalue weighted by Gasteiger charge is -2.26. The number of aromatic nitrogens is 1. The third kappa shape index (κ3) is 2.66. The maximum atomic E-state index is 12.4. The summed E-state index contributed by atoms with van der Waals surface area (Å²) in [5.74, 6) is 0.0677. The van der Waals surface area contributed by atoms with Gasteiger partial charge in [0, 0.05) is 29.2 Å². The van der Waals surface area contributed by atoms with Crippen LogP contribution in [0.3, 0.4) is 0 Å². The summed E-state index contributed by atoms with van der Waals surface area (Å²) in [5, 5.41) is 1.29. The number of carbonyl (C=O) groups is 1. The van der Waals surface area contributed by atoms with E-state index in [4.69, 9.17) is 0 Å². The molecule has 1 amide bonds. The maximum Gasteiger partial charge on any atom is 0.246 e. The van der Waals surface area contributed by atoms with E-state index >= 15 is 0 Å². The Morgan fingerprint density at radius 2 is 1.83 bits per heavy atom.